The fourth-order valence-electron chi connectivity index (χ4n) is 2.15. The molecule has 0 atom stereocenters. The first-order valence-corrected chi connectivity index (χ1v) is 8.24. The number of hydrogen-bond donors (Lipinski definition) is 2. The van der Waals surface area contributed by atoms with E-state index in [0.29, 0.717) is 17.2 Å². The number of H-pyrrole nitrogens is 1. The molecule has 1 amide bonds. The van der Waals surface area contributed by atoms with E-state index >= 15 is 0 Å². The molecule has 3 rings (SSSR count). The van der Waals surface area contributed by atoms with Crippen LogP contribution in [0.1, 0.15) is 11.3 Å². The number of carbonyl (C=O) groups is 1. The molecule has 0 spiro atoms. The lowest BCUT2D eigenvalue weighted by molar-refractivity contribution is -0.111. The highest BCUT2D eigenvalue weighted by atomic mass is 32.1. The highest BCUT2D eigenvalue weighted by Crippen LogP contribution is 2.17. The Morgan fingerprint density at radius 3 is 2.71 bits per heavy atom. The first-order valence-electron chi connectivity index (χ1n) is 7.30. The molecule has 0 unspecified atom stereocenters. The van der Waals surface area contributed by atoms with Crippen molar-refractivity contribution in [3.63, 3.8) is 0 Å². The second kappa shape index (κ2) is 7.06. The van der Waals surface area contributed by atoms with Gasteiger partial charge in [-0.1, -0.05) is 0 Å². The van der Waals surface area contributed by atoms with Crippen molar-refractivity contribution in [1.82, 2.24) is 9.97 Å². The Hall–Kier alpha value is -2.99. The number of anilines is 1. The zero-order valence-corrected chi connectivity index (χ0v) is 13.8. The van der Waals surface area contributed by atoms with Crippen molar-refractivity contribution in [2.75, 3.05) is 5.32 Å². The van der Waals surface area contributed by atoms with E-state index in [9.17, 15) is 9.59 Å². The summed E-state index contributed by atoms with van der Waals surface area (Å²) in [7, 11) is 0. The summed E-state index contributed by atoms with van der Waals surface area (Å²) in [6.07, 6.45) is 3.26. The van der Waals surface area contributed by atoms with Crippen molar-refractivity contribution in [2.24, 2.45) is 0 Å². The molecule has 120 valence electrons. The highest BCUT2D eigenvalue weighted by Gasteiger charge is 2.03. The smallest absolute Gasteiger partial charge is 0.251 e. The third kappa shape index (κ3) is 4.05. The predicted molar refractivity (Wildman–Crippen MR) is 97.0 cm³/mol. The maximum atomic E-state index is 11.9. The third-order valence-corrected chi connectivity index (χ3v) is 3.97. The number of aromatic amines is 1. The first-order chi connectivity index (χ1) is 11.6. The zero-order valence-electron chi connectivity index (χ0n) is 12.9. The number of aromatic nitrogens is 2. The van der Waals surface area contributed by atoms with E-state index in [0.717, 1.165) is 11.1 Å². The fraction of sp³-hybridized carbons (Fsp3) is 0.0556. The third-order valence-electron chi connectivity index (χ3n) is 3.27. The van der Waals surface area contributed by atoms with Gasteiger partial charge in [-0.3, -0.25) is 9.59 Å². The SMILES string of the molecule is Cc1cc(=O)[nH]c(-c2ccc(NC(=O)/C=C/c3ccsc3)cc2)n1. The van der Waals surface area contributed by atoms with Crippen LogP contribution in [0.3, 0.4) is 0 Å². The van der Waals surface area contributed by atoms with Crippen LogP contribution in [0.2, 0.25) is 0 Å². The Kier molecular flexibility index (Phi) is 4.67. The van der Waals surface area contributed by atoms with Crippen LogP contribution in [0.4, 0.5) is 5.69 Å². The molecule has 0 fully saturated rings. The molecule has 5 nitrogen and oxygen atoms in total. The number of benzene rings is 1. The van der Waals surface area contributed by atoms with Gasteiger partial charge in [0.05, 0.1) is 0 Å². The Bertz CT molecular complexity index is 926. The van der Waals surface area contributed by atoms with Gasteiger partial charge in [-0.15, -0.1) is 0 Å². The molecule has 24 heavy (non-hydrogen) atoms. The standard InChI is InChI=1S/C18H15N3O2S/c1-12-10-17(23)21-18(19-12)14-3-5-15(6-4-14)20-16(22)7-2-13-8-9-24-11-13/h2-11H,1H3,(H,20,22)(H,19,21,23)/b7-2+. The molecule has 0 aliphatic heterocycles. The molecule has 3 aromatic rings. The van der Waals surface area contributed by atoms with Gasteiger partial charge in [0.1, 0.15) is 5.82 Å². The second-order valence-corrected chi connectivity index (χ2v) is 5.97. The van der Waals surface area contributed by atoms with Gasteiger partial charge in [-0.05, 0) is 59.7 Å². The van der Waals surface area contributed by atoms with Crippen molar-refractivity contribution in [2.45, 2.75) is 6.92 Å². The lowest BCUT2D eigenvalue weighted by Gasteiger charge is -2.05. The molecule has 2 N–H and O–H groups in total. The molecule has 2 aromatic heterocycles. The van der Waals surface area contributed by atoms with Crippen molar-refractivity contribution >= 4 is 29.0 Å². The van der Waals surface area contributed by atoms with E-state index in [2.05, 4.69) is 15.3 Å². The number of nitrogens with one attached hydrogen (secondary N) is 2. The number of carbonyl (C=O) groups excluding carboxylic acids is 1. The van der Waals surface area contributed by atoms with Crippen molar-refractivity contribution < 1.29 is 4.79 Å². The van der Waals surface area contributed by atoms with Crippen LogP contribution in [-0.2, 0) is 4.79 Å². The van der Waals surface area contributed by atoms with Crippen LogP contribution in [0.15, 0.2) is 58.0 Å². The lowest BCUT2D eigenvalue weighted by atomic mass is 10.2. The Morgan fingerprint density at radius 1 is 1.25 bits per heavy atom. The number of thiophene rings is 1. The van der Waals surface area contributed by atoms with Crippen molar-refractivity contribution in [1.29, 1.82) is 0 Å². The summed E-state index contributed by atoms with van der Waals surface area (Å²) < 4.78 is 0. The summed E-state index contributed by atoms with van der Waals surface area (Å²) in [5.41, 5.74) is 2.93. The summed E-state index contributed by atoms with van der Waals surface area (Å²) in [6, 6.07) is 10.5. The van der Waals surface area contributed by atoms with E-state index in [-0.39, 0.29) is 11.5 Å². The van der Waals surface area contributed by atoms with Gasteiger partial charge >= 0.3 is 0 Å². The summed E-state index contributed by atoms with van der Waals surface area (Å²) in [5.74, 6) is 0.311. The Labute approximate surface area is 142 Å². The van der Waals surface area contributed by atoms with Gasteiger partial charge in [0.25, 0.3) is 5.56 Å². The average molecular weight is 337 g/mol. The molecule has 0 bridgehead atoms. The summed E-state index contributed by atoms with van der Waals surface area (Å²) in [5, 5.41) is 6.72. The number of hydrogen-bond acceptors (Lipinski definition) is 4. The number of amides is 1. The van der Waals surface area contributed by atoms with Gasteiger partial charge in [-0.25, -0.2) is 4.98 Å². The zero-order chi connectivity index (χ0) is 16.9. The maximum absolute atomic E-state index is 11.9. The number of nitrogens with zero attached hydrogens (tertiary/aromatic N) is 1. The van der Waals surface area contributed by atoms with Crippen LogP contribution in [0.5, 0.6) is 0 Å². The minimum Gasteiger partial charge on any atom is -0.323 e. The van der Waals surface area contributed by atoms with E-state index < -0.39 is 0 Å². The van der Waals surface area contributed by atoms with Gasteiger partial charge in [-0.2, -0.15) is 11.3 Å². The van der Waals surface area contributed by atoms with Gasteiger partial charge in [0.15, 0.2) is 0 Å². The summed E-state index contributed by atoms with van der Waals surface area (Å²) in [6.45, 7) is 1.77. The molecule has 0 saturated heterocycles. The van der Waals surface area contributed by atoms with E-state index in [1.807, 2.05) is 16.8 Å². The average Bonchev–Trinajstić information content (AvgIpc) is 3.06. The summed E-state index contributed by atoms with van der Waals surface area (Å²) >= 11 is 1.58. The molecule has 0 aliphatic carbocycles. The Balaban J connectivity index is 1.70. The van der Waals surface area contributed by atoms with Gasteiger partial charge in [0, 0.05) is 29.1 Å². The molecular formula is C18H15N3O2S. The Morgan fingerprint density at radius 2 is 2.04 bits per heavy atom. The lowest BCUT2D eigenvalue weighted by Crippen LogP contribution is -2.09. The van der Waals surface area contributed by atoms with E-state index in [1.165, 1.54) is 12.1 Å². The number of aryl methyl sites for hydroxylation is 1. The maximum Gasteiger partial charge on any atom is 0.251 e. The van der Waals surface area contributed by atoms with Crippen LogP contribution in [0.25, 0.3) is 17.5 Å². The van der Waals surface area contributed by atoms with Crippen LogP contribution >= 0.6 is 11.3 Å². The van der Waals surface area contributed by atoms with Gasteiger partial charge in [0.2, 0.25) is 5.91 Å². The first kappa shape index (κ1) is 15.9. The van der Waals surface area contributed by atoms with E-state index in [4.69, 9.17) is 0 Å². The molecule has 0 aliphatic rings. The van der Waals surface area contributed by atoms with Crippen LogP contribution in [-0.4, -0.2) is 15.9 Å². The fourth-order valence-corrected chi connectivity index (χ4v) is 2.78. The topological polar surface area (TPSA) is 74.8 Å². The largest absolute Gasteiger partial charge is 0.323 e. The monoisotopic (exact) mass is 337 g/mol. The second-order valence-electron chi connectivity index (χ2n) is 5.19. The van der Waals surface area contributed by atoms with Crippen LogP contribution < -0.4 is 10.9 Å². The van der Waals surface area contributed by atoms with Gasteiger partial charge < -0.3 is 10.3 Å². The minimum atomic E-state index is -0.198. The predicted octanol–water partition coefficient (Wildman–Crippen LogP) is 3.46. The molecule has 6 heteroatoms. The minimum absolute atomic E-state index is 0.187. The molecule has 1 aromatic carbocycles. The quantitative estimate of drug-likeness (QED) is 0.716. The molecule has 0 radical (unpaired) electrons. The van der Waals surface area contributed by atoms with E-state index in [1.54, 1.807) is 48.6 Å². The van der Waals surface area contributed by atoms with Crippen LogP contribution in [0, 0.1) is 6.92 Å². The van der Waals surface area contributed by atoms with Crippen molar-refractivity contribution in [3.05, 3.63) is 74.8 Å². The number of rotatable bonds is 4. The van der Waals surface area contributed by atoms with Crippen molar-refractivity contribution in [3.8, 4) is 11.4 Å². The normalized spacial score (nSPS) is 10.9. The molecule has 0 saturated carbocycles. The molecular weight excluding hydrogens is 322 g/mol. The highest BCUT2D eigenvalue weighted by molar-refractivity contribution is 7.08. The molecule has 2 heterocycles. The summed E-state index contributed by atoms with van der Waals surface area (Å²) in [4.78, 5) is 30.4.